The van der Waals surface area contributed by atoms with Crippen LogP contribution in [0.4, 0.5) is 18.9 Å². The highest BCUT2D eigenvalue weighted by atomic mass is 19.4. The Balaban J connectivity index is 1.84. The molecule has 0 atom stereocenters. The maximum Gasteiger partial charge on any atom is 0.416 e. The van der Waals surface area contributed by atoms with Gasteiger partial charge in [-0.15, -0.1) is 10.2 Å². The van der Waals surface area contributed by atoms with Crippen LogP contribution in [0.3, 0.4) is 0 Å². The average Bonchev–Trinajstić information content (AvgIpc) is 3.03. The first-order valence-electron chi connectivity index (χ1n) is 7.02. The molecule has 0 aliphatic rings. The van der Waals surface area contributed by atoms with Crippen LogP contribution in [0.5, 0.6) is 0 Å². The minimum absolute atomic E-state index is 0.0385. The van der Waals surface area contributed by atoms with Crippen LogP contribution in [-0.4, -0.2) is 25.1 Å². The van der Waals surface area contributed by atoms with Gasteiger partial charge in [0.2, 0.25) is 5.82 Å². The molecule has 0 aliphatic carbocycles. The molecule has 0 saturated carbocycles. The fraction of sp³-hybridized carbons (Fsp3) is 0.133. The van der Waals surface area contributed by atoms with Gasteiger partial charge in [0.25, 0.3) is 5.69 Å². The highest BCUT2D eigenvalue weighted by Crippen LogP contribution is 2.31. The molecule has 3 rings (SSSR count). The number of nitro benzene ring substituents is 1. The summed E-state index contributed by atoms with van der Waals surface area (Å²) in [5, 5.41) is 22.3. The number of tetrazole rings is 1. The summed E-state index contributed by atoms with van der Waals surface area (Å²) in [5.41, 5.74) is -0.127. The second-order valence-electron chi connectivity index (χ2n) is 5.15. The van der Waals surface area contributed by atoms with Crippen LogP contribution < -0.4 is 0 Å². The number of non-ortho nitro benzene ring substituents is 1. The molecule has 10 heteroatoms. The van der Waals surface area contributed by atoms with Crippen LogP contribution in [0, 0.1) is 10.1 Å². The summed E-state index contributed by atoms with van der Waals surface area (Å²) in [6.45, 7) is 0.105. The van der Waals surface area contributed by atoms with E-state index in [1.54, 1.807) is 6.07 Å². The number of halogens is 3. The maximum absolute atomic E-state index is 12.8. The van der Waals surface area contributed by atoms with E-state index in [0.29, 0.717) is 5.56 Å². The Kier molecular flexibility index (Phi) is 4.17. The van der Waals surface area contributed by atoms with E-state index in [1.807, 2.05) is 0 Å². The van der Waals surface area contributed by atoms with Crippen LogP contribution in [0.25, 0.3) is 11.4 Å². The van der Waals surface area contributed by atoms with E-state index >= 15 is 0 Å². The van der Waals surface area contributed by atoms with Gasteiger partial charge in [0.1, 0.15) is 0 Å². The van der Waals surface area contributed by atoms with Crippen molar-refractivity contribution in [2.75, 3.05) is 0 Å². The van der Waals surface area contributed by atoms with Gasteiger partial charge in [0.05, 0.1) is 17.0 Å². The first-order chi connectivity index (χ1) is 11.8. The molecule has 0 aliphatic heterocycles. The molecule has 1 heterocycles. The van der Waals surface area contributed by atoms with E-state index in [4.69, 9.17) is 0 Å². The number of nitrogens with zero attached hydrogens (tertiary/aromatic N) is 5. The minimum atomic E-state index is -4.46. The van der Waals surface area contributed by atoms with E-state index in [9.17, 15) is 23.3 Å². The highest BCUT2D eigenvalue weighted by Gasteiger charge is 2.30. The summed E-state index contributed by atoms with van der Waals surface area (Å²) < 4.78 is 38.3. The van der Waals surface area contributed by atoms with Crippen molar-refractivity contribution in [1.29, 1.82) is 0 Å². The number of alkyl halides is 3. The first kappa shape index (κ1) is 16.6. The van der Waals surface area contributed by atoms with Gasteiger partial charge in [-0.25, -0.2) is 0 Å². The molecule has 3 aromatic rings. The smallest absolute Gasteiger partial charge is 0.258 e. The molecule has 25 heavy (non-hydrogen) atoms. The SMILES string of the molecule is O=[N+]([O-])c1cccc(Cn2nnc(-c3cccc(C(F)(F)F)c3)n2)c1. The van der Waals surface area contributed by atoms with Crippen molar-refractivity contribution in [3.8, 4) is 11.4 Å². The van der Waals surface area contributed by atoms with Crippen molar-refractivity contribution in [1.82, 2.24) is 20.2 Å². The van der Waals surface area contributed by atoms with Crippen LogP contribution in [0.2, 0.25) is 0 Å². The third-order valence-electron chi connectivity index (χ3n) is 3.35. The standard InChI is InChI=1S/C15H10F3N5O2/c16-15(17,18)12-5-2-4-11(8-12)14-19-21-22(20-14)9-10-3-1-6-13(7-10)23(24)25/h1-8H,9H2. The fourth-order valence-electron chi connectivity index (χ4n) is 2.19. The van der Waals surface area contributed by atoms with Gasteiger partial charge in [-0.3, -0.25) is 10.1 Å². The summed E-state index contributed by atoms with van der Waals surface area (Å²) >= 11 is 0. The Morgan fingerprint density at radius 1 is 1.12 bits per heavy atom. The van der Waals surface area contributed by atoms with Crippen molar-refractivity contribution in [2.24, 2.45) is 0 Å². The number of aromatic nitrogens is 4. The molecule has 0 N–H and O–H groups in total. The van der Waals surface area contributed by atoms with E-state index in [0.717, 1.165) is 16.9 Å². The van der Waals surface area contributed by atoms with Crippen molar-refractivity contribution in [3.05, 3.63) is 69.8 Å². The number of hydrogen-bond acceptors (Lipinski definition) is 5. The van der Waals surface area contributed by atoms with Crippen molar-refractivity contribution < 1.29 is 18.1 Å². The Labute approximate surface area is 138 Å². The molecule has 0 spiro atoms. The second kappa shape index (κ2) is 6.30. The van der Waals surface area contributed by atoms with Crippen molar-refractivity contribution in [2.45, 2.75) is 12.7 Å². The normalized spacial score (nSPS) is 11.5. The Morgan fingerprint density at radius 2 is 1.88 bits per heavy atom. The molecule has 2 aromatic carbocycles. The summed E-state index contributed by atoms with van der Waals surface area (Å²) in [7, 11) is 0. The molecule has 0 amide bonds. The monoisotopic (exact) mass is 349 g/mol. The number of hydrogen-bond donors (Lipinski definition) is 0. The van der Waals surface area contributed by atoms with E-state index < -0.39 is 16.7 Å². The van der Waals surface area contributed by atoms with Crippen LogP contribution in [0.1, 0.15) is 11.1 Å². The van der Waals surface area contributed by atoms with Gasteiger partial charge in [0, 0.05) is 17.7 Å². The predicted octanol–water partition coefficient (Wildman–Crippen LogP) is 3.32. The van der Waals surface area contributed by atoms with Gasteiger partial charge < -0.3 is 0 Å². The zero-order valence-electron chi connectivity index (χ0n) is 12.5. The molecule has 128 valence electrons. The molecule has 7 nitrogen and oxygen atoms in total. The lowest BCUT2D eigenvalue weighted by atomic mass is 10.1. The Hall–Kier alpha value is -3.30. The van der Waals surface area contributed by atoms with Gasteiger partial charge in [-0.1, -0.05) is 24.3 Å². The molecule has 0 bridgehead atoms. The summed E-state index contributed by atoms with van der Waals surface area (Å²) in [6, 6.07) is 10.5. The zero-order chi connectivity index (χ0) is 18.0. The molecule has 0 saturated heterocycles. The van der Waals surface area contributed by atoms with E-state index in [1.165, 1.54) is 30.3 Å². The van der Waals surface area contributed by atoms with E-state index in [-0.39, 0.29) is 23.6 Å². The highest BCUT2D eigenvalue weighted by molar-refractivity contribution is 5.55. The Bertz CT molecular complexity index is 923. The molecular weight excluding hydrogens is 339 g/mol. The largest absolute Gasteiger partial charge is 0.416 e. The lowest BCUT2D eigenvalue weighted by Crippen LogP contribution is -2.05. The third kappa shape index (κ3) is 3.79. The van der Waals surface area contributed by atoms with Gasteiger partial charge in [0.15, 0.2) is 0 Å². The summed E-state index contributed by atoms with van der Waals surface area (Å²) in [4.78, 5) is 11.4. The fourth-order valence-corrected chi connectivity index (χ4v) is 2.19. The average molecular weight is 349 g/mol. The lowest BCUT2D eigenvalue weighted by Gasteiger charge is -2.06. The molecule has 0 unspecified atom stereocenters. The minimum Gasteiger partial charge on any atom is -0.258 e. The summed E-state index contributed by atoms with van der Waals surface area (Å²) in [5.74, 6) is 0.0385. The van der Waals surface area contributed by atoms with Gasteiger partial charge in [-0.05, 0) is 22.9 Å². The van der Waals surface area contributed by atoms with Crippen molar-refractivity contribution in [3.63, 3.8) is 0 Å². The van der Waals surface area contributed by atoms with Crippen LogP contribution in [0.15, 0.2) is 48.5 Å². The van der Waals surface area contributed by atoms with Crippen molar-refractivity contribution >= 4 is 5.69 Å². The van der Waals surface area contributed by atoms with Crippen LogP contribution in [-0.2, 0) is 12.7 Å². The molecule has 1 aromatic heterocycles. The second-order valence-corrected chi connectivity index (χ2v) is 5.15. The van der Waals surface area contributed by atoms with Gasteiger partial charge in [-0.2, -0.15) is 18.0 Å². The molecular formula is C15H10F3N5O2. The van der Waals surface area contributed by atoms with Crippen LogP contribution >= 0.6 is 0 Å². The van der Waals surface area contributed by atoms with Gasteiger partial charge >= 0.3 is 6.18 Å². The third-order valence-corrected chi connectivity index (χ3v) is 3.35. The zero-order valence-corrected chi connectivity index (χ0v) is 12.5. The topological polar surface area (TPSA) is 86.7 Å². The Morgan fingerprint density at radius 3 is 2.60 bits per heavy atom. The number of nitro groups is 1. The number of rotatable bonds is 4. The summed E-state index contributed by atoms with van der Waals surface area (Å²) in [6.07, 6.45) is -4.46. The molecule has 0 radical (unpaired) electrons. The maximum atomic E-state index is 12.8. The van der Waals surface area contributed by atoms with E-state index in [2.05, 4.69) is 15.4 Å². The lowest BCUT2D eigenvalue weighted by molar-refractivity contribution is -0.384. The first-order valence-corrected chi connectivity index (χ1v) is 7.02. The quantitative estimate of drug-likeness (QED) is 0.533. The predicted molar refractivity (Wildman–Crippen MR) is 80.5 cm³/mol. The molecule has 0 fully saturated rings. The number of benzene rings is 2.